The first-order chi connectivity index (χ1) is 7.16. The van der Waals surface area contributed by atoms with Gasteiger partial charge in [-0.2, -0.15) is 4.39 Å². The molecule has 4 nitrogen and oxygen atoms in total. The highest BCUT2D eigenvalue weighted by atomic mass is 19.1. The number of anilines is 1. The lowest BCUT2D eigenvalue weighted by Crippen LogP contribution is -2.32. The lowest BCUT2D eigenvalue weighted by Gasteiger charge is -2.22. The maximum atomic E-state index is 13.4. The van der Waals surface area contributed by atoms with Crippen molar-refractivity contribution >= 4 is 11.7 Å². The number of hydrogen-bond donors (Lipinski definition) is 2. The molecule has 1 aliphatic heterocycles. The molecule has 80 valence electrons. The fourth-order valence-electron chi connectivity index (χ4n) is 1.81. The highest BCUT2D eigenvalue weighted by Gasteiger charge is 2.23. The molecule has 1 saturated heterocycles. The summed E-state index contributed by atoms with van der Waals surface area (Å²) in [6, 6.07) is 3.17. The van der Waals surface area contributed by atoms with Gasteiger partial charge >= 0.3 is 0 Å². The zero-order chi connectivity index (χ0) is 10.8. The molecule has 0 saturated carbocycles. The SMILES string of the molecule is Nc1ccc(C2CCNC(=O)C2)c(F)n1. The predicted octanol–water partition coefficient (Wildman–Crippen LogP) is 0.796. The van der Waals surface area contributed by atoms with Crippen molar-refractivity contribution in [3.05, 3.63) is 23.6 Å². The van der Waals surface area contributed by atoms with E-state index in [2.05, 4.69) is 10.3 Å². The average Bonchev–Trinajstić information content (AvgIpc) is 2.17. The first-order valence-corrected chi connectivity index (χ1v) is 4.85. The molecule has 2 heterocycles. The van der Waals surface area contributed by atoms with Crippen LogP contribution in [0, 0.1) is 5.95 Å². The van der Waals surface area contributed by atoms with Gasteiger partial charge in [0.05, 0.1) is 0 Å². The predicted molar refractivity (Wildman–Crippen MR) is 53.6 cm³/mol. The van der Waals surface area contributed by atoms with E-state index < -0.39 is 5.95 Å². The van der Waals surface area contributed by atoms with Crippen LogP contribution in [0.2, 0.25) is 0 Å². The van der Waals surface area contributed by atoms with Crippen LogP contribution >= 0.6 is 0 Å². The minimum absolute atomic E-state index is 0.0394. The van der Waals surface area contributed by atoms with Gasteiger partial charge in [-0.1, -0.05) is 6.07 Å². The van der Waals surface area contributed by atoms with E-state index in [1.54, 1.807) is 12.1 Å². The van der Waals surface area contributed by atoms with Gasteiger partial charge in [0.1, 0.15) is 5.82 Å². The van der Waals surface area contributed by atoms with Gasteiger partial charge in [-0.05, 0) is 18.4 Å². The number of carbonyl (C=O) groups is 1. The molecule has 1 aromatic rings. The van der Waals surface area contributed by atoms with Gasteiger partial charge in [0.2, 0.25) is 11.9 Å². The minimum atomic E-state index is -0.560. The molecule has 0 aliphatic carbocycles. The molecule has 1 atom stereocenters. The van der Waals surface area contributed by atoms with Crippen molar-refractivity contribution in [3.8, 4) is 0 Å². The molecular weight excluding hydrogens is 197 g/mol. The number of halogens is 1. The molecule has 1 aliphatic rings. The normalized spacial score (nSPS) is 21.1. The van der Waals surface area contributed by atoms with E-state index in [0.29, 0.717) is 18.5 Å². The molecule has 1 unspecified atom stereocenters. The number of nitrogens with one attached hydrogen (secondary N) is 1. The summed E-state index contributed by atoms with van der Waals surface area (Å²) < 4.78 is 13.4. The number of rotatable bonds is 1. The molecule has 5 heteroatoms. The quantitative estimate of drug-likeness (QED) is 0.672. The number of aromatic nitrogens is 1. The summed E-state index contributed by atoms with van der Waals surface area (Å²) in [5, 5.41) is 2.71. The van der Waals surface area contributed by atoms with Crippen molar-refractivity contribution in [2.45, 2.75) is 18.8 Å². The highest BCUT2D eigenvalue weighted by molar-refractivity contribution is 5.77. The van der Waals surface area contributed by atoms with Crippen LogP contribution in [0.1, 0.15) is 24.3 Å². The van der Waals surface area contributed by atoms with Crippen LogP contribution in [0.25, 0.3) is 0 Å². The van der Waals surface area contributed by atoms with Gasteiger partial charge in [-0.3, -0.25) is 4.79 Å². The molecule has 0 spiro atoms. The van der Waals surface area contributed by atoms with Crippen LogP contribution in [0.4, 0.5) is 10.2 Å². The zero-order valence-electron chi connectivity index (χ0n) is 8.16. The Morgan fingerprint density at radius 2 is 2.33 bits per heavy atom. The Morgan fingerprint density at radius 3 is 3.00 bits per heavy atom. The van der Waals surface area contributed by atoms with Gasteiger partial charge < -0.3 is 11.1 Å². The highest BCUT2D eigenvalue weighted by Crippen LogP contribution is 2.27. The van der Waals surface area contributed by atoms with Crippen molar-refractivity contribution in [1.82, 2.24) is 10.3 Å². The molecule has 1 aromatic heterocycles. The number of nitrogens with two attached hydrogens (primary N) is 1. The summed E-state index contributed by atoms with van der Waals surface area (Å²) in [4.78, 5) is 14.7. The van der Waals surface area contributed by atoms with E-state index in [9.17, 15) is 9.18 Å². The van der Waals surface area contributed by atoms with Gasteiger partial charge in [-0.25, -0.2) is 4.98 Å². The van der Waals surface area contributed by atoms with Crippen molar-refractivity contribution in [3.63, 3.8) is 0 Å². The molecule has 15 heavy (non-hydrogen) atoms. The maximum absolute atomic E-state index is 13.4. The standard InChI is InChI=1S/C10H12FN3O/c11-10-7(1-2-8(12)14-10)6-3-4-13-9(15)5-6/h1-2,6H,3-5H2,(H2,12,14)(H,13,15). The third-order valence-electron chi connectivity index (χ3n) is 2.59. The second kappa shape index (κ2) is 3.84. The molecule has 0 aromatic carbocycles. The van der Waals surface area contributed by atoms with E-state index in [4.69, 9.17) is 5.73 Å². The third-order valence-corrected chi connectivity index (χ3v) is 2.59. The number of amides is 1. The van der Waals surface area contributed by atoms with E-state index >= 15 is 0 Å². The Morgan fingerprint density at radius 1 is 1.53 bits per heavy atom. The van der Waals surface area contributed by atoms with Gasteiger partial charge in [0.15, 0.2) is 0 Å². The molecule has 3 N–H and O–H groups in total. The minimum Gasteiger partial charge on any atom is -0.384 e. The summed E-state index contributed by atoms with van der Waals surface area (Å²) in [6.45, 7) is 0.591. The Kier molecular flexibility index (Phi) is 2.53. The van der Waals surface area contributed by atoms with Crippen molar-refractivity contribution < 1.29 is 9.18 Å². The summed E-state index contributed by atoms with van der Waals surface area (Å²) in [5.74, 6) is -0.513. The van der Waals surface area contributed by atoms with Crippen molar-refractivity contribution in [1.29, 1.82) is 0 Å². The van der Waals surface area contributed by atoms with Gasteiger partial charge in [0.25, 0.3) is 0 Å². The van der Waals surface area contributed by atoms with Crippen molar-refractivity contribution in [2.75, 3.05) is 12.3 Å². The Bertz CT molecular complexity index is 394. The monoisotopic (exact) mass is 209 g/mol. The second-order valence-electron chi connectivity index (χ2n) is 3.66. The number of carbonyl (C=O) groups excluding carboxylic acids is 1. The number of nitrogens with zero attached hydrogens (tertiary/aromatic N) is 1. The average molecular weight is 209 g/mol. The lowest BCUT2D eigenvalue weighted by atomic mass is 9.91. The van der Waals surface area contributed by atoms with E-state index in [0.717, 1.165) is 6.42 Å². The molecule has 1 fully saturated rings. The Balaban J connectivity index is 2.24. The maximum Gasteiger partial charge on any atom is 0.220 e. The first kappa shape index (κ1) is 9.89. The number of hydrogen-bond acceptors (Lipinski definition) is 3. The lowest BCUT2D eigenvalue weighted by molar-refractivity contribution is -0.122. The third kappa shape index (κ3) is 2.06. The fourth-order valence-corrected chi connectivity index (χ4v) is 1.81. The largest absolute Gasteiger partial charge is 0.384 e. The van der Waals surface area contributed by atoms with E-state index in [1.165, 1.54) is 0 Å². The Labute approximate surface area is 86.7 Å². The Hall–Kier alpha value is -1.65. The van der Waals surface area contributed by atoms with Crippen LogP contribution in [0.15, 0.2) is 12.1 Å². The first-order valence-electron chi connectivity index (χ1n) is 4.85. The van der Waals surface area contributed by atoms with Crippen LogP contribution in [-0.2, 0) is 4.79 Å². The van der Waals surface area contributed by atoms with Gasteiger partial charge in [0, 0.05) is 18.5 Å². The summed E-state index contributed by atoms with van der Waals surface area (Å²) in [7, 11) is 0. The van der Waals surface area contributed by atoms with Crippen LogP contribution < -0.4 is 11.1 Å². The van der Waals surface area contributed by atoms with E-state index in [1.807, 2.05) is 0 Å². The van der Waals surface area contributed by atoms with Crippen LogP contribution in [-0.4, -0.2) is 17.4 Å². The summed E-state index contributed by atoms with van der Waals surface area (Å²) in [5.41, 5.74) is 5.84. The molecule has 0 radical (unpaired) electrons. The second-order valence-corrected chi connectivity index (χ2v) is 3.66. The summed E-state index contributed by atoms with van der Waals surface area (Å²) in [6.07, 6.45) is 1.07. The number of pyridine rings is 1. The fraction of sp³-hybridized carbons (Fsp3) is 0.400. The van der Waals surface area contributed by atoms with E-state index in [-0.39, 0.29) is 17.6 Å². The van der Waals surface area contributed by atoms with Crippen LogP contribution in [0.5, 0.6) is 0 Å². The summed E-state index contributed by atoms with van der Waals surface area (Å²) >= 11 is 0. The molecule has 2 rings (SSSR count). The molecule has 0 bridgehead atoms. The van der Waals surface area contributed by atoms with Gasteiger partial charge in [-0.15, -0.1) is 0 Å². The zero-order valence-corrected chi connectivity index (χ0v) is 8.16. The number of nitrogen functional groups attached to an aromatic ring is 1. The smallest absolute Gasteiger partial charge is 0.220 e. The number of piperidine rings is 1. The topological polar surface area (TPSA) is 68.0 Å². The molecule has 1 amide bonds. The van der Waals surface area contributed by atoms with Crippen LogP contribution in [0.3, 0.4) is 0 Å². The molecular formula is C10H12FN3O. The van der Waals surface area contributed by atoms with Crippen molar-refractivity contribution in [2.24, 2.45) is 0 Å².